The number of fused-ring (bicyclic) bond motifs is 4. The van der Waals surface area contributed by atoms with Gasteiger partial charge in [0.15, 0.2) is 0 Å². The van der Waals surface area contributed by atoms with Crippen LogP contribution >= 0.6 is 0 Å². The van der Waals surface area contributed by atoms with Crippen LogP contribution in [0.3, 0.4) is 0 Å². The summed E-state index contributed by atoms with van der Waals surface area (Å²) in [4.78, 5) is 0. The fourth-order valence-corrected chi connectivity index (χ4v) is 1.38. The molecule has 2 unspecified atom stereocenters. The summed E-state index contributed by atoms with van der Waals surface area (Å²) in [6.45, 7) is 4.12. The molecule has 2 bridgehead atoms. The lowest BCUT2D eigenvalue weighted by atomic mass is 10.2. The van der Waals surface area contributed by atoms with Gasteiger partial charge < -0.3 is 14.2 Å². The highest BCUT2D eigenvalue weighted by molar-refractivity contribution is 4.77. The average Bonchev–Trinajstić information content (AvgIpc) is 2.20. The van der Waals surface area contributed by atoms with E-state index < -0.39 is 0 Å². The van der Waals surface area contributed by atoms with Crippen LogP contribution in [0.15, 0.2) is 0 Å². The van der Waals surface area contributed by atoms with Crippen molar-refractivity contribution < 1.29 is 14.2 Å². The second-order valence-corrected chi connectivity index (χ2v) is 2.87. The van der Waals surface area contributed by atoms with Crippen LogP contribution in [0, 0.1) is 0 Å². The molecule has 3 aliphatic heterocycles. The van der Waals surface area contributed by atoms with Gasteiger partial charge in [-0.25, -0.2) is 0 Å². The summed E-state index contributed by atoms with van der Waals surface area (Å²) in [5.74, 6) is 0. The van der Waals surface area contributed by atoms with E-state index in [1.54, 1.807) is 0 Å². The summed E-state index contributed by atoms with van der Waals surface area (Å²) in [6.07, 6.45) is 0.550. The first-order valence-corrected chi connectivity index (χ1v) is 3.71. The molecule has 3 aliphatic rings. The second-order valence-electron chi connectivity index (χ2n) is 2.87. The molecule has 0 aromatic rings. The highest BCUT2D eigenvalue weighted by Gasteiger charge is 2.32. The molecule has 10 heavy (non-hydrogen) atoms. The molecule has 0 saturated carbocycles. The maximum absolute atomic E-state index is 5.56. The lowest BCUT2D eigenvalue weighted by Gasteiger charge is -2.29. The van der Waals surface area contributed by atoms with E-state index in [4.69, 9.17) is 14.2 Å². The first-order chi connectivity index (χ1) is 4.86. The van der Waals surface area contributed by atoms with Gasteiger partial charge in [0.2, 0.25) is 0 Å². The Morgan fingerprint density at radius 2 is 2.10 bits per heavy atom. The van der Waals surface area contributed by atoms with Crippen molar-refractivity contribution >= 4 is 0 Å². The van der Waals surface area contributed by atoms with E-state index in [1.807, 2.05) is 6.92 Å². The van der Waals surface area contributed by atoms with Crippen LogP contribution in [0.2, 0.25) is 0 Å². The molecule has 0 aliphatic carbocycles. The third kappa shape index (κ3) is 1.05. The highest BCUT2D eigenvalue weighted by atomic mass is 16.6. The summed E-state index contributed by atoms with van der Waals surface area (Å²) < 4.78 is 16.3. The normalized spacial score (nSPS) is 47.1. The largest absolute Gasteiger partial charge is 0.376 e. The molecule has 0 amide bonds. The molecule has 0 spiro atoms. The van der Waals surface area contributed by atoms with E-state index in [-0.39, 0.29) is 18.3 Å². The molecule has 3 heteroatoms. The zero-order valence-corrected chi connectivity index (χ0v) is 6.08. The minimum absolute atomic E-state index is 0.166. The molecule has 3 heterocycles. The van der Waals surface area contributed by atoms with Crippen LogP contribution in [0.5, 0.6) is 0 Å². The number of ether oxygens (including phenoxy) is 3. The van der Waals surface area contributed by atoms with Crippen LogP contribution in [0.1, 0.15) is 6.92 Å². The Labute approximate surface area is 60.3 Å². The van der Waals surface area contributed by atoms with Gasteiger partial charge in [-0.1, -0.05) is 0 Å². The third-order valence-corrected chi connectivity index (χ3v) is 2.01. The fourth-order valence-electron chi connectivity index (χ4n) is 1.38. The summed E-state index contributed by atoms with van der Waals surface area (Å²) in [6, 6.07) is 0. The summed E-state index contributed by atoms with van der Waals surface area (Å²) >= 11 is 0. The number of hydrogen-bond acceptors (Lipinski definition) is 3. The Morgan fingerprint density at radius 1 is 1.20 bits per heavy atom. The Hall–Kier alpha value is -0.120. The number of rotatable bonds is 0. The lowest BCUT2D eigenvalue weighted by Crippen LogP contribution is -2.40. The van der Waals surface area contributed by atoms with Gasteiger partial charge in [-0.15, -0.1) is 0 Å². The van der Waals surface area contributed by atoms with Crippen LogP contribution in [0.4, 0.5) is 0 Å². The maximum Gasteiger partial charge on any atom is 0.107 e. The third-order valence-electron chi connectivity index (χ3n) is 2.01. The van der Waals surface area contributed by atoms with Gasteiger partial charge in [0.05, 0.1) is 25.9 Å². The van der Waals surface area contributed by atoms with Crippen LogP contribution < -0.4 is 0 Å². The predicted octanol–water partition coefficient (Wildman–Crippen LogP) is 0.189. The molecular weight excluding hydrogens is 132 g/mol. The minimum atomic E-state index is 0.166. The van der Waals surface area contributed by atoms with Crippen molar-refractivity contribution in [3.05, 3.63) is 0 Å². The van der Waals surface area contributed by atoms with Crippen LogP contribution in [-0.2, 0) is 14.2 Å². The van der Waals surface area contributed by atoms with Gasteiger partial charge in [0.25, 0.3) is 0 Å². The molecule has 3 saturated heterocycles. The Balaban J connectivity index is 2.07. The lowest BCUT2D eigenvalue weighted by molar-refractivity contribution is -0.154. The van der Waals surface area contributed by atoms with Gasteiger partial charge in [-0.3, -0.25) is 0 Å². The molecule has 3 atom stereocenters. The van der Waals surface area contributed by atoms with E-state index in [9.17, 15) is 0 Å². The van der Waals surface area contributed by atoms with Crippen molar-refractivity contribution in [2.75, 3.05) is 19.8 Å². The molecule has 0 aromatic carbocycles. The Kier molecular flexibility index (Phi) is 1.64. The zero-order valence-electron chi connectivity index (χ0n) is 6.08. The summed E-state index contributed by atoms with van der Waals surface area (Å²) in [7, 11) is 0. The first kappa shape index (κ1) is 6.58. The highest BCUT2D eigenvalue weighted by Crippen LogP contribution is 2.18. The van der Waals surface area contributed by atoms with E-state index >= 15 is 0 Å². The molecule has 0 N–H and O–H groups in total. The van der Waals surface area contributed by atoms with Gasteiger partial charge in [0.1, 0.15) is 12.2 Å². The van der Waals surface area contributed by atoms with Crippen molar-refractivity contribution in [2.24, 2.45) is 0 Å². The van der Waals surface area contributed by atoms with Gasteiger partial charge >= 0.3 is 0 Å². The Bertz CT molecular complexity index is 122. The first-order valence-electron chi connectivity index (χ1n) is 3.71. The Morgan fingerprint density at radius 3 is 2.90 bits per heavy atom. The summed E-state index contributed by atoms with van der Waals surface area (Å²) in [5.41, 5.74) is 0. The predicted molar refractivity (Wildman–Crippen MR) is 34.9 cm³/mol. The topological polar surface area (TPSA) is 27.7 Å². The molecule has 0 aromatic heterocycles. The van der Waals surface area contributed by atoms with E-state index in [2.05, 4.69) is 0 Å². The van der Waals surface area contributed by atoms with Gasteiger partial charge in [-0.05, 0) is 6.92 Å². The van der Waals surface area contributed by atoms with Crippen molar-refractivity contribution in [1.82, 2.24) is 0 Å². The maximum atomic E-state index is 5.56. The fraction of sp³-hybridized carbons (Fsp3) is 1.00. The average molecular weight is 144 g/mol. The SMILES string of the molecule is C[C@H]1OC2COCC1OC2. The van der Waals surface area contributed by atoms with Crippen molar-refractivity contribution in [1.29, 1.82) is 0 Å². The van der Waals surface area contributed by atoms with Crippen LogP contribution in [-0.4, -0.2) is 38.1 Å². The van der Waals surface area contributed by atoms with Crippen LogP contribution in [0.25, 0.3) is 0 Å². The second kappa shape index (κ2) is 2.49. The molecular formula is C7H12O3. The van der Waals surface area contributed by atoms with Crippen molar-refractivity contribution in [2.45, 2.75) is 25.2 Å². The molecule has 3 rings (SSSR count). The van der Waals surface area contributed by atoms with E-state index in [1.165, 1.54) is 0 Å². The molecule has 58 valence electrons. The monoisotopic (exact) mass is 144 g/mol. The smallest absolute Gasteiger partial charge is 0.107 e. The standard InChI is InChI=1S/C7H12O3/c1-5-7-4-8-2-6(10-5)3-9-7/h5-7H,2-4H2,1H3/t5-,6?,7?/m1/s1. The quantitative estimate of drug-likeness (QED) is 0.485. The molecule has 0 radical (unpaired) electrons. The molecule has 3 fully saturated rings. The van der Waals surface area contributed by atoms with Gasteiger partial charge in [0, 0.05) is 0 Å². The van der Waals surface area contributed by atoms with E-state index in [0.717, 1.165) is 0 Å². The van der Waals surface area contributed by atoms with Gasteiger partial charge in [-0.2, -0.15) is 0 Å². The van der Waals surface area contributed by atoms with Crippen molar-refractivity contribution in [3.8, 4) is 0 Å². The zero-order chi connectivity index (χ0) is 6.97. The summed E-state index contributed by atoms with van der Waals surface area (Å²) in [5, 5.41) is 0. The van der Waals surface area contributed by atoms with Crippen molar-refractivity contribution in [3.63, 3.8) is 0 Å². The minimum Gasteiger partial charge on any atom is -0.376 e. The number of hydrogen-bond donors (Lipinski definition) is 0. The van der Waals surface area contributed by atoms with E-state index in [0.29, 0.717) is 19.8 Å². The molecule has 3 nitrogen and oxygen atoms in total.